The summed E-state index contributed by atoms with van der Waals surface area (Å²) < 4.78 is 7.38. The first-order valence-electron chi connectivity index (χ1n) is 4.35. The third kappa shape index (κ3) is 2.15. The summed E-state index contributed by atoms with van der Waals surface area (Å²) in [6, 6.07) is 0. The van der Waals surface area contributed by atoms with Crippen molar-refractivity contribution in [1.82, 2.24) is 0 Å². The zero-order valence-electron chi connectivity index (χ0n) is 7.87. The zero-order valence-corrected chi connectivity index (χ0v) is 6.87. The van der Waals surface area contributed by atoms with Crippen molar-refractivity contribution in [2.24, 2.45) is 5.92 Å². The van der Waals surface area contributed by atoms with Crippen molar-refractivity contribution in [2.75, 3.05) is 0 Å². The van der Waals surface area contributed by atoms with E-state index in [1.165, 1.54) is 6.08 Å². The maximum absolute atomic E-state index is 10.9. The Balaban J connectivity index is 2.74. The van der Waals surface area contributed by atoms with Crippen LogP contribution in [0.15, 0.2) is 12.2 Å². The normalized spacial score (nSPS) is 33.7. The molecule has 0 amide bonds. The van der Waals surface area contributed by atoms with Gasteiger partial charge in [0.05, 0.1) is 5.60 Å². The Kier molecular flexibility index (Phi) is 1.78. The Labute approximate surface area is 68.3 Å². The first-order valence-corrected chi connectivity index (χ1v) is 3.78. The fraction of sp³-hybridized carbons (Fsp3) is 0.667. The van der Waals surface area contributed by atoms with E-state index in [9.17, 15) is 9.90 Å². The van der Waals surface area contributed by atoms with Crippen LogP contribution in [-0.4, -0.2) is 16.5 Å². The van der Waals surface area contributed by atoms with Crippen molar-refractivity contribution >= 4 is 5.78 Å². The number of aliphatic hydroxyl groups is 1. The molecule has 0 radical (unpaired) electrons. The minimum absolute atomic E-state index is 0.0716. The number of carbonyl (C=O) groups is 1. The molecule has 1 rings (SSSR count). The average Bonchev–Trinajstić information content (AvgIpc) is 1.92. The molecule has 2 atom stereocenters. The molecule has 2 heteroatoms. The van der Waals surface area contributed by atoms with Gasteiger partial charge < -0.3 is 5.11 Å². The molecule has 0 spiro atoms. The van der Waals surface area contributed by atoms with E-state index < -0.39 is 12.0 Å². The van der Waals surface area contributed by atoms with E-state index in [1.54, 1.807) is 19.9 Å². The lowest BCUT2D eigenvalue weighted by molar-refractivity contribution is -0.115. The summed E-state index contributed by atoms with van der Waals surface area (Å²) in [5.74, 6) is -0.229. The van der Waals surface area contributed by atoms with Crippen LogP contribution in [0.1, 0.15) is 28.0 Å². The number of hydrogen-bond acceptors (Lipinski definition) is 2. The van der Waals surface area contributed by atoms with Gasteiger partial charge in [-0.05, 0) is 26.3 Å². The Morgan fingerprint density at radius 2 is 2.45 bits per heavy atom. The minimum atomic E-state index is -0.823. The predicted octanol–water partition coefficient (Wildman–Crippen LogP) is 1.29. The van der Waals surface area contributed by atoms with Crippen molar-refractivity contribution in [2.45, 2.75) is 32.3 Å². The van der Waals surface area contributed by atoms with Crippen molar-refractivity contribution in [3.8, 4) is 0 Å². The van der Waals surface area contributed by atoms with Gasteiger partial charge in [0.2, 0.25) is 0 Å². The molecule has 0 heterocycles. The van der Waals surface area contributed by atoms with Gasteiger partial charge in [-0.15, -0.1) is 0 Å². The van der Waals surface area contributed by atoms with Gasteiger partial charge in [0, 0.05) is 13.7 Å². The van der Waals surface area contributed by atoms with Gasteiger partial charge in [-0.2, -0.15) is 0 Å². The van der Waals surface area contributed by atoms with Crippen LogP contribution in [0.4, 0.5) is 0 Å². The Morgan fingerprint density at radius 1 is 1.82 bits per heavy atom. The van der Waals surface area contributed by atoms with Crippen LogP contribution in [0.25, 0.3) is 0 Å². The van der Waals surface area contributed by atoms with E-state index in [1.807, 2.05) is 0 Å². The number of ketones is 1. The van der Waals surface area contributed by atoms with Gasteiger partial charge in [0.15, 0.2) is 5.78 Å². The van der Waals surface area contributed by atoms with Gasteiger partial charge in [-0.1, -0.05) is 6.08 Å². The lowest BCUT2D eigenvalue weighted by Crippen LogP contribution is -2.31. The molecule has 1 aliphatic rings. The summed E-state index contributed by atoms with van der Waals surface area (Å²) in [6.45, 7) is 3.40. The van der Waals surface area contributed by atoms with E-state index in [2.05, 4.69) is 0 Å². The van der Waals surface area contributed by atoms with Crippen molar-refractivity contribution in [1.29, 1.82) is 0 Å². The van der Waals surface area contributed by atoms with Crippen LogP contribution in [0.2, 0.25) is 0 Å². The Morgan fingerprint density at radius 3 is 2.91 bits per heavy atom. The van der Waals surface area contributed by atoms with Crippen molar-refractivity contribution in [3.63, 3.8) is 0 Å². The first kappa shape index (κ1) is 7.04. The number of carbonyl (C=O) groups excluding carboxylic acids is 1. The molecule has 0 aliphatic heterocycles. The van der Waals surface area contributed by atoms with Gasteiger partial charge in [-0.3, -0.25) is 4.79 Å². The van der Waals surface area contributed by atoms with Gasteiger partial charge in [0.25, 0.3) is 0 Å². The molecule has 0 fully saturated rings. The highest BCUT2D eigenvalue weighted by molar-refractivity contribution is 5.90. The van der Waals surface area contributed by atoms with Gasteiger partial charge in [-0.25, -0.2) is 0 Å². The lowest BCUT2D eigenvalue weighted by Gasteiger charge is -2.28. The third-order valence-electron chi connectivity index (χ3n) is 1.97. The number of allylic oxidation sites excluding steroid dienone is 1. The predicted molar refractivity (Wildman–Crippen MR) is 43.2 cm³/mol. The Hall–Kier alpha value is -0.630. The fourth-order valence-electron chi connectivity index (χ4n) is 1.12. The monoisotopic (exact) mass is 155 g/mol. The van der Waals surface area contributed by atoms with Crippen LogP contribution in [0.5, 0.6) is 0 Å². The smallest absolute Gasteiger partial charge is 0.155 e. The van der Waals surface area contributed by atoms with E-state index in [0.717, 1.165) is 0 Å². The molecule has 0 saturated heterocycles. The minimum Gasteiger partial charge on any atom is -0.390 e. The van der Waals surface area contributed by atoms with Crippen LogP contribution in [0, 0.1) is 5.92 Å². The molecule has 0 aromatic heterocycles. The summed E-state index contributed by atoms with van der Waals surface area (Å²) in [5.41, 5.74) is -0.823. The third-order valence-corrected chi connectivity index (χ3v) is 1.97. The van der Waals surface area contributed by atoms with E-state index in [4.69, 9.17) is 1.37 Å². The van der Waals surface area contributed by atoms with Gasteiger partial charge >= 0.3 is 0 Å². The van der Waals surface area contributed by atoms with Crippen molar-refractivity contribution < 1.29 is 11.3 Å². The maximum atomic E-state index is 10.9. The molecule has 2 nitrogen and oxygen atoms in total. The highest BCUT2D eigenvalue weighted by Crippen LogP contribution is 2.25. The molecule has 1 aliphatic carbocycles. The Bertz CT molecular complexity index is 215. The molecule has 11 heavy (non-hydrogen) atoms. The van der Waals surface area contributed by atoms with E-state index in [0.29, 0.717) is 6.42 Å². The summed E-state index contributed by atoms with van der Waals surface area (Å²) in [5, 5.41) is 9.60. The maximum Gasteiger partial charge on any atom is 0.155 e. The number of rotatable bonds is 1. The standard InChI is InChI=1S/C9H14O2/c1-9(2,11)7-3-5-8(10)6-4-7/h3,5,7,11H,4,6H2,1-2H3/t7-/m0/s1/i6D/t6?,7-. The van der Waals surface area contributed by atoms with Crippen LogP contribution >= 0.6 is 0 Å². The summed E-state index contributed by atoms with van der Waals surface area (Å²) in [7, 11) is 0. The lowest BCUT2D eigenvalue weighted by atomic mass is 9.83. The molecule has 0 aromatic rings. The molecule has 0 bridgehead atoms. The quantitative estimate of drug-likeness (QED) is 0.619. The SMILES string of the molecule is [2H]C1C[C@@H](C(C)(C)O)C=CC1=O. The average molecular weight is 155 g/mol. The van der Waals surface area contributed by atoms with Crippen LogP contribution < -0.4 is 0 Å². The highest BCUT2D eigenvalue weighted by Gasteiger charge is 2.26. The second-order valence-electron chi connectivity index (χ2n) is 3.46. The molecular weight excluding hydrogens is 140 g/mol. The summed E-state index contributed by atoms with van der Waals surface area (Å²) >= 11 is 0. The van der Waals surface area contributed by atoms with Crippen LogP contribution in [-0.2, 0) is 4.79 Å². The number of hydrogen-bond donors (Lipinski definition) is 1. The summed E-state index contributed by atoms with van der Waals surface area (Å²) in [4.78, 5) is 10.9. The molecule has 1 unspecified atom stereocenters. The second kappa shape index (κ2) is 2.78. The van der Waals surface area contributed by atoms with Gasteiger partial charge in [0.1, 0.15) is 0 Å². The largest absolute Gasteiger partial charge is 0.390 e. The molecular formula is C9H14O2. The molecule has 62 valence electrons. The highest BCUT2D eigenvalue weighted by atomic mass is 16.3. The van der Waals surface area contributed by atoms with Crippen molar-refractivity contribution in [3.05, 3.63) is 12.2 Å². The molecule has 0 saturated carbocycles. The topological polar surface area (TPSA) is 37.3 Å². The first-order chi connectivity index (χ1) is 5.41. The van der Waals surface area contributed by atoms with Crippen LogP contribution in [0.3, 0.4) is 0 Å². The molecule has 0 aromatic carbocycles. The second-order valence-corrected chi connectivity index (χ2v) is 3.46. The van der Waals surface area contributed by atoms with E-state index in [-0.39, 0.29) is 11.7 Å². The zero-order chi connectivity index (χ0) is 9.35. The van der Waals surface area contributed by atoms with E-state index >= 15 is 0 Å². The summed E-state index contributed by atoms with van der Waals surface area (Å²) in [6.07, 6.45) is 2.85. The fourth-order valence-corrected chi connectivity index (χ4v) is 1.12. The molecule has 1 N–H and O–H groups in total.